The third-order valence-electron chi connectivity index (χ3n) is 4.28. The molecule has 2 N–H and O–H groups in total. The molecule has 7 nitrogen and oxygen atoms in total. The van der Waals surface area contributed by atoms with E-state index in [1.54, 1.807) is 19.1 Å². The fourth-order valence-corrected chi connectivity index (χ4v) is 4.75. The van der Waals surface area contributed by atoms with Gasteiger partial charge < -0.3 is 15.2 Å². The number of carbonyl (C=O) groups excluding carboxylic acids is 1. The minimum atomic E-state index is -3.75. The number of hydrogen-bond donors (Lipinski definition) is 2. The SMILES string of the molecule is CCOc1ccc(Cl)cc1S(=O)(=O)N1CCC(C(=O)NCCCO)CC1. The average Bonchev–Trinajstić information content (AvgIpc) is 2.63. The molecular formula is C17H25ClN2O5S. The van der Waals surface area contributed by atoms with Crippen molar-refractivity contribution in [3.05, 3.63) is 23.2 Å². The number of ether oxygens (including phenoxy) is 1. The van der Waals surface area contributed by atoms with E-state index in [0.717, 1.165) is 0 Å². The van der Waals surface area contributed by atoms with E-state index in [9.17, 15) is 13.2 Å². The van der Waals surface area contributed by atoms with E-state index in [-0.39, 0.29) is 42.2 Å². The van der Waals surface area contributed by atoms with Gasteiger partial charge in [-0.25, -0.2) is 8.42 Å². The number of rotatable bonds is 8. The van der Waals surface area contributed by atoms with Crippen LogP contribution in [0.2, 0.25) is 5.02 Å². The first-order valence-corrected chi connectivity index (χ1v) is 10.5. The number of benzene rings is 1. The Hall–Kier alpha value is -1.35. The Kier molecular flexibility index (Phi) is 7.69. The van der Waals surface area contributed by atoms with Crippen LogP contribution in [-0.4, -0.2) is 56.6 Å². The summed E-state index contributed by atoms with van der Waals surface area (Å²) in [6, 6.07) is 4.55. The van der Waals surface area contributed by atoms with Gasteiger partial charge in [0.2, 0.25) is 15.9 Å². The predicted octanol–water partition coefficient (Wildman–Crippen LogP) is 1.64. The van der Waals surface area contributed by atoms with Gasteiger partial charge in [-0.1, -0.05) is 11.6 Å². The molecule has 1 aliphatic rings. The van der Waals surface area contributed by atoms with Crippen LogP contribution in [0.5, 0.6) is 5.75 Å². The second-order valence-corrected chi connectivity index (χ2v) is 8.41. The highest BCUT2D eigenvalue weighted by atomic mass is 35.5. The summed E-state index contributed by atoms with van der Waals surface area (Å²) in [5, 5.41) is 11.8. The summed E-state index contributed by atoms with van der Waals surface area (Å²) in [5.41, 5.74) is 0. The molecule has 0 spiro atoms. The van der Waals surface area contributed by atoms with E-state index in [1.807, 2.05) is 0 Å². The predicted molar refractivity (Wildman–Crippen MR) is 98.8 cm³/mol. The molecule has 0 aromatic heterocycles. The molecule has 0 aliphatic carbocycles. The zero-order chi connectivity index (χ0) is 19.2. The summed E-state index contributed by atoms with van der Waals surface area (Å²) in [5.74, 6) is -0.0279. The third-order valence-corrected chi connectivity index (χ3v) is 6.44. The molecule has 0 atom stereocenters. The molecule has 1 aromatic carbocycles. The van der Waals surface area contributed by atoms with E-state index in [2.05, 4.69) is 5.32 Å². The van der Waals surface area contributed by atoms with E-state index < -0.39 is 10.0 Å². The van der Waals surface area contributed by atoms with Crippen molar-refractivity contribution in [2.45, 2.75) is 31.1 Å². The van der Waals surface area contributed by atoms with Gasteiger partial charge in [0, 0.05) is 37.2 Å². The van der Waals surface area contributed by atoms with E-state index in [4.69, 9.17) is 21.4 Å². The fourth-order valence-electron chi connectivity index (χ4n) is 2.89. The molecule has 1 saturated heterocycles. The number of piperidine rings is 1. The fraction of sp³-hybridized carbons (Fsp3) is 0.588. The van der Waals surface area contributed by atoms with Gasteiger partial charge in [-0.15, -0.1) is 0 Å². The molecule has 146 valence electrons. The molecule has 2 rings (SSSR count). The molecule has 9 heteroatoms. The molecule has 0 unspecified atom stereocenters. The number of nitrogens with zero attached hydrogens (tertiary/aromatic N) is 1. The van der Waals surface area contributed by atoms with E-state index >= 15 is 0 Å². The Morgan fingerprint density at radius 3 is 2.69 bits per heavy atom. The van der Waals surface area contributed by atoms with E-state index in [0.29, 0.717) is 37.4 Å². The highest BCUT2D eigenvalue weighted by Crippen LogP contribution is 2.32. The summed E-state index contributed by atoms with van der Waals surface area (Å²) in [6.07, 6.45) is 1.41. The number of amides is 1. The Balaban J connectivity index is 2.06. The summed E-state index contributed by atoms with van der Waals surface area (Å²) in [6.45, 7) is 3.11. The normalized spacial score (nSPS) is 16.4. The number of aliphatic hydroxyl groups is 1. The molecule has 26 heavy (non-hydrogen) atoms. The number of sulfonamides is 1. The first-order valence-electron chi connectivity index (χ1n) is 8.71. The van der Waals surface area contributed by atoms with Crippen molar-refractivity contribution in [1.29, 1.82) is 0 Å². The molecule has 1 amide bonds. The number of aliphatic hydroxyl groups excluding tert-OH is 1. The van der Waals surface area contributed by atoms with E-state index in [1.165, 1.54) is 10.4 Å². The van der Waals surface area contributed by atoms with Crippen molar-refractivity contribution in [1.82, 2.24) is 9.62 Å². The maximum absolute atomic E-state index is 13.0. The topological polar surface area (TPSA) is 95.9 Å². The molecule has 1 heterocycles. The van der Waals surface area contributed by atoms with Crippen LogP contribution >= 0.6 is 11.6 Å². The van der Waals surface area contributed by atoms with Crippen LogP contribution in [0.1, 0.15) is 26.2 Å². The van der Waals surface area contributed by atoms with Gasteiger partial charge in [0.1, 0.15) is 10.6 Å². The standard InChI is InChI=1S/C17H25ClN2O5S/c1-2-25-15-5-4-14(18)12-16(15)26(23,24)20-9-6-13(7-10-20)17(22)19-8-3-11-21/h4-5,12-13,21H,2-3,6-11H2,1H3,(H,19,22). The van der Waals surface area contributed by atoms with Gasteiger partial charge in [0.05, 0.1) is 6.61 Å². The van der Waals surface area contributed by atoms with Crippen LogP contribution < -0.4 is 10.1 Å². The van der Waals surface area contributed by atoms with Crippen LogP contribution in [0.4, 0.5) is 0 Å². The molecule has 1 fully saturated rings. The van der Waals surface area contributed by atoms with Gasteiger partial charge in [0.25, 0.3) is 0 Å². The second kappa shape index (κ2) is 9.55. The van der Waals surface area contributed by atoms with Crippen molar-refractivity contribution in [3.8, 4) is 5.75 Å². The number of halogens is 1. The Bertz CT molecular complexity index is 718. The van der Waals surface area contributed by atoms with Gasteiger partial charge in [-0.3, -0.25) is 4.79 Å². The summed E-state index contributed by atoms with van der Waals surface area (Å²) in [7, 11) is -3.75. The molecule has 0 saturated carbocycles. The Labute approximate surface area is 159 Å². The second-order valence-electron chi connectivity index (χ2n) is 6.07. The number of carbonyl (C=O) groups is 1. The first-order chi connectivity index (χ1) is 12.4. The Morgan fingerprint density at radius 2 is 2.08 bits per heavy atom. The maximum Gasteiger partial charge on any atom is 0.246 e. The largest absolute Gasteiger partial charge is 0.492 e. The van der Waals surface area contributed by atoms with Crippen LogP contribution in [0.25, 0.3) is 0 Å². The summed E-state index contributed by atoms with van der Waals surface area (Å²) >= 11 is 5.98. The Morgan fingerprint density at radius 1 is 1.38 bits per heavy atom. The zero-order valence-electron chi connectivity index (χ0n) is 14.8. The van der Waals surface area contributed by atoms with Gasteiger partial charge in [-0.05, 0) is 44.4 Å². The smallest absolute Gasteiger partial charge is 0.246 e. The molecule has 1 aromatic rings. The molecule has 0 radical (unpaired) electrons. The van der Waals surface area contributed by atoms with Crippen LogP contribution in [0, 0.1) is 5.92 Å². The lowest BCUT2D eigenvalue weighted by Crippen LogP contribution is -2.43. The molecular weight excluding hydrogens is 380 g/mol. The summed E-state index contributed by atoms with van der Waals surface area (Å²) < 4.78 is 32.8. The lowest BCUT2D eigenvalue weighted by atomic mass is 9.97. The highest BCUT2D eigenvalue weighted by Gasteiger charge is 2.33. The van der Waals surface area contributed by atoms with Gasteiger partial charge in [0.15, 0.2) is 0 Å². The highest BCUT2D eigenvalue weighted by molar-refractivity contribution is 7.89. The summed E-state index contributed by atoms with van der Waals surface area (Å²) in [4.78, 5) is 12.1. The quantitative estimate of drug-likeness (QED) is 0.642. The minimum Gasteiger partial charge on any atom is -0.492 e. The first kappa shape index (κ1) is 21.0. The third kappa shape index (κ3) is 5.09. The maximum atomic E-state index is 13.0. The number of hydrogen-bond acceptors (Lipinski definition) is 5. The lowest BCUT2D eigenvalue weighted by molar-refractivity contribution is -0.126. The van der Waals surface area contributed by atoms with Crippen molar-refractivity contribution in [2.24, 2.45) is 5.92 Å². The van der Waals surface area contributed by atoms with Crippen molar-refractivity contribution in [3.63, 3.8) is 0 Å². The molecule has 0 bridgehead atoms. The number of nitrogens with one attached hydrogen (secondary N) is 1. The van der Waals surface area contributed by atoms with Crippen LogP contribution in [0.15, 0.2) is 23.1 Å². The van der Waals surface area contributed by atoms with Gasteiger partial charge in [-0.2, -0.15) is 4.31 Å². The van der Waals surface area contributed by atoms with Crippen molar-refractivity contribution < 1.29 is 23.1 Å². The minimum absolute atomic E-state index is 0.0266. The van der Waals surface area contributed by atoms with Crippen LogP contribution in [0.3, 0.4) is 0 Å². The monoisotopic (exact) mass is 404 g/mol. The average molecular weight is 405 g/mol. The lowest BCUT2D eigenvalue weighted by Gasteiger charge is -2.31. The van der Waals surface area contributed by atoms with Crippen molar-refractivity contribution in [2.75, 3.05) is 32.8 Å². The molecule has 1 aliphatic heterocycles. The van der Waals surface area contributed by atoms with Gasteiger partial charge >= 0.3 is 0 Å². The zero-order valence-corrected chi connectivity index (χ0v) is 16.4. The van der Waals surface area contributed by atoms with Crippen molar-refractivity contribution >= 4 is 27.5 Å². The van der Waals surface area contributed by atoms with Crippen LogP contribution in [-0.2, 0) is 14.8 Å².